The summed E-state index contributed by atoms with van der Waals surface area (Å²) in [5, 5.41) is 19.7. The number of rotatable bonds is 5. The summed E-state index contributed by atoms with van der Waals surface area (Å²) in [5.74, 6) is -0.209. The molecular formula is C11H13BrClN5O2. The fourth-order valence-electron chi connectivity index (χ4n) is 1.91. The van der Waals surface area contributed by atoms with Crippen LogP contribution in [0.2, 0.25) is 5.02 Å². The average molecular weight is 363 g/mol. The second-order valence-electron chi connectivity index (χ2n) is 4.13. The number of hydrogen-bond donors (Lipinski definition) is 0. The van der Waals surface area contributed by atoms with E-state index in [1.807, 2.05) is 13.8 Å². The highest BCUT2D eigenvalue weighted by Gasteiger charge is 2.21. The molecule has 0 saturated carbocycles. The van der Waals surface area contributed by atoms with Crippen LogP contribution in [-0.4, -0.2) is 24.5 Å². The third kappa shape index (κ3) is 2.71. The van der Waals surface area contributed by atoms with Gasteiger partial charge in [-0.2, -0.15) is 9.78 Å². The molecule has 9 heteroatoms. The summed E-state index contributed by atoms with van der Waals surface area (Å²) in [4.78, 5) is 10.3. The van der Waals surface area contributed by atoms with Gasteiger partial charge in [0.2, 0.25) is 0 Å². The van der Waals surface area contributed by atoms with Crippen molar-refractivity contribution in [3.63, 3.8) is 0 Å². The van der Waals surface area contributed by atoms with Crippen LogP contribution in [0.25, 0.3) is 0 Å². The molecule has 0 aliphatic rings. The van der Waals surface area contributed by atoms with E-state index >= 15 is 0 Å². The maximum absolute atomic E-state index is 10.8. The monoisotopic (exact) mass is 361 g/mol. The third-order valence-electron chi connectivity index (χ3n) is 2.88. The highest BCUT2D eigenvalue weighted by Crippen LogP contribution is 2.25. The number of nitro groups is 1. The van der Waals surface area contributed by atoms with Crippen molar-refractivity contribution in [2.75, 3.05) is 0 Å². The summed E-state index contributed by atoms with van der Waals surface area (Å²) in [5.41, 5.74) is 1.63. The Morgan fingerprint density at radius 1 is 1.45 bits per heavy atom. The molecule has 0 aliphatic carbocycles. The van der Waals surface area contributed by atoms with Crippen molar-refractivity contribution in [1.29, 1.82) is 0 Å². The fourth-order valence-corrected chi connectivity index (χ4v) is 2.70. The van der Waals surface area contributed by atoms with Crippen LogP contribution in [0.5, 0.6) is 0 Å². The first-order valence-corrected chi connectivity index (χ1v) is 7.26. The van der Waals surface area contributed by atoms with E-state index in [-0.39, 0.29) is 5.82 Å². The molecule has 0 saturated heterocycles. The minimum Gasteiger partial charge on any atom is -0.358 e. The van der Waals surface area contributed by atoms with Crippen molar-refractivity contribution in [3.05, 3.63) is 37.2 Å². The molecule has 0 N–H and O–H groups in total. The van der Waals surface area contributed by atoms with Gasteiger partial charge in [-0.3, -0.25) is 4.68 Å². The van der Waals surface area contributed by atoms with Crippen LogP contribution in [-0.2, 0) is 19.5 Å². The Balaban J connectivity index is 2.37. The van der Waals surface area contributed by atoms with Crippen LogP contribution >= 0.6 is 27.5 Å². The molecule has 0 amide bonds. The van der Waals surface area contributed by atoms with Gasteiger partial charge in [-0.05, 0) is 34.2 Å². The second-order valence-corrected chi connectivity index (χ2v) is 5.36. The van der Waals surface area contributed by atoms with Crippen LogP contribution in [0.3, 0.4) is 0 Å². The molecule has 108 valence electrons. The first-order chi connectivity index (χ1) is 9.47. The molecule has 0 aromatic carbocycles. The van der Waals surface area contributed by atoms with Gasteiger partial charge < -0.3 is 10.1 Å². The predicted octanol–water partition coefficient (Wildman–Crippen LogP) is 3.03. The van der Waals surface area contributed by atoms with Crippen LogP contribution < -0.4 is 0 Å². The van der Waals surface area contributed by atoms with E-state index in [2.05, 4.69) is 26.1 Å². The van der Waals surface area contributed by atoms with Crippen molar-refractivity contribution in [3.8, 4) is 0 Å². The maximum atomic E-state index is 10.8. The second kappa shape index (κ2) is 5.92. The SMILES string of the molecule is CCc1nn(CC)c(Cn2cc(Br)c([N+](=O)[O-])n2)c1Cl. The van der Waals surface area contributed by atoms with Gasteiger partial charge in [0.1, 0.15) is 11.0 Å². The molecule has 0 aliphatic heterocycles. The van der Waals surface area contributed by atoms with E-state index in [4.69, 9.17) is 11.6 Å². The lowest BCUT2D eigenvalue weighted by molar-refractivity contribution is -0.390. The number of halogens is 2. The highest BCUT2D eigenvalue weighted by molar-refractivity contribution is 9.10. The minimum absolute atomic E-state index is 0.209. The number of hydrogen-bond acceptors (Lipinski definition) is 4. The van der Waals surface area contributed by atoms with Gasteiger partial charge in [-0.25, -0.2) is 0 Å². The Labute approximate surface area is 128 Å². The van der Waals surface area contributed by atoms with Gasteiger partial charge >= 0.3 is 5.82 Å². The number of aryl methyl sites for hydroxylation is 2. The van der Waals surface area contributed by atoms with E-state index in [1.165, 1.54) is 4.68 Å². The van der Waals surface area contributed by atoms with E-state index in [9.17, 15) is 10.1 Å². The molecular weight excluding hydrogens is 350 g/mol. The molecule has 0 spiro atoms. The first kappa shape index (κ1) is 15.0. The molecule has 0 radical (unpaired) electrons. The first-order valence-electron chi connectivity index (χ1n) is 6.09. The topological polar surface area (TPSA) is 78.8 Å². The molecule has 20 heavy (non-hydrogen) atoms. The lowest BCUT2D eigenvalue weighted by Gasteiger charge is -2.02. The van der Waals surface area contributed by atoms with E-state index in [1.54, 1.807) is 10.9 Å². The van der Waals surface area contributed by atoms with Crippen molar-refractivity contribution in [1.82, 2.24) is 19.6 Å². The van der Waals surface area contributed by atoms with Gasteiger partial charge in [-0.1, -0.05) is 18.5 Å². The summed E-state index contributed by atoms with van der Waals surface area (Å²) in [7, 11) is 0. The maximum Gasteiger partial charge on any atom is 0.404 e. The average Bonchev–Trinajstić information content (AvgIpc) is 2.92. The Hall–Kier alpha value is -1.41. The molecule has 2 aromatic heterocycles. The zero-order chi connectivity index (χ0) is 14.9. The third-order valence-corrected chi connectivity index (χ3v) is 3.87. The smallest absolute Gasteiger partial charge is 0.358 e. The molecule has 2 heterocycles. The Morgan fingerprint density at radius 3 is 2.65 bits per heavy atom. The highest BCUT2D eigenvalue weighted by atomic mass is 79.9. The number of nitrogens with zero attached hydrogens (tertiary/aromatic N) is 5. The van der Waals surface area contributed by atoms with Gasteiger partial charge in [0.05, 0.1) is 27.7 Å². The van der Waals surface area contributed by atoms with Crippen LogP contribution in [0.4, 0.5) is 5.82 Å². The number of aromatic nitrogens is 4. The molecule has 0 fully saturated rings. The van der Waals surface area contributed by atoms with Gasteiger partial charge in [-0.15, -0.1) is 0 Å². The standard InChI is InChI=1S/C11H13BrClN5O2/c1-3-8-10(13)9(17(4-2)14-8)6-16-5-7(12)11(15-16)18(19)20/h5H,3-4,6H2,1-2H3. The predicted molar refractivity (Wildman–Crippen MR) is 78.0 cm³/mol. The van der Waals surface area contributed by atoms with Crippen molar-refractivity contribution >= 4 is 33.3 Å². The van der Waals surface area contributed by atoms with Gasteiger partial charge in [0, 0.05) is 6.54 Å². The van der Waals surface area contributed by atoms with Crippen molar-refractivity contribution in [2.24, 2.45) is 0 Å². The molecule has 0 atom stereocenters. The normalized spacial score (nSPS) is 11.0. The fraction of sp³-hybridized carbons (Fsp3) is 0.455. The van der Waals surface area contributed by atoms with Crippen LogP contribution in [0.15, 0.2) is 10.7 Å². The van der Waals surface area contributed by atoms with Gasteiger partial charge in [0.25, 0.3) is 0 Å². The lowest BCUT2D eigenvalue weighted by Crippen LogP contribution is -2.09. The van der Waals surface area contributed by atoms with Crippen LogP contribution in [0.1, 0.15) is 25.2 Å². The summed E-state index contributed by atoms with van der Waals surface area (Å²) in [6.45, 7) is 4.97. The van der Waals surface area contributed by atoms with Gasteiger partial charge in [0.15, 0.2) is 0 Å². The molecule has 2 rings (SSSR count). The quantitative estimate of drug-likeness (QED) is 0.605. The molecule has 0 bridgehead atoms. The van der Waals surface area contributed by atoms with E-state index < -0.39 is 4.92 Å². The minimum atomic E-state index is -0.531. The summed E-state index contributed by atoms with van der Waals surface area (Å²) in [6, 6.07) is 0. The zero-order valence-electron chi connectivity index (χ0n) is 11.0. The largest absolute Gasteiger partial charge is 0.404 e. The van der Waals surface area contributed by atoms with E-state index in [0.717, 1.165) is 17.8 Å². The Morgan fingerprint density at radius 2 is 2.15 bits per heavy atom. The van der Waals surface area contributed by atoms with Crippen molar-refractivity contribution < 1.29 is 4.92 Å². The molecule has 0 unspecified atom stereocenters. The zero-order valence-corrected chi connectivity index (χ0v) is 13.3. The summed E-state index contributed by atoms with van der Waals surface area (Å²) >= 11 is 9.42. The molecule has 2 aromatic rings. The molecule has 7 nitrogen and oxygen atoms in total. The van der Waals surface area contributed by atoms with E-state index in [0.29, 0.717) is 22.6 Å². The summed E-state index contributed by atoms with van der Waals surface area (Å²) < 4.78 is 3.62. The Bertz CT molecular complexity index is 652. The lowest BCUT2D eigenvalue weighted by atomic mass is 10.3. The Kier molecular flexibility index (Phi) is 4.44. The van der Waals surface area contributed by atoms with Crippen molar-refractivity contribution in [2.45, 2.75) is 33.4 Å². The summed E-state index contributed by atoms with van der Waals surface area (Å²) in [6.07, 6.45) is 2.30. The van der Waals surface area contributed by atoms with Crippen LogP contribution in [0, 0.1) is 10.1 Å².